The van der Waals surface area contributed by atoms with Crippen molar-refractivity contribution in [3.63, 3.8) is 0 Å². The lowest BCUT2D eigenvalue weighted by atomic mass is 10.1. The van der Waals surface area contributed by atoms with E-state index in [1.54, 1.807) is 35.2 Å². The Hall–Kier alpha value is -4.92. The van der Waals surface area contributed by atoms with Gasteiger partial charge in [-0.3, -0.25) is 0 Å². The second kappa shape index (κ2) is 22.4. The molecule has 0 saturated heterocycles. The van der Waals surface area contributed by atoms with Crippen LogP contribution in [0.15, 0.2) is 142 Å². The molecular weight excluding hydrogens is 871 g/mol. The van der Waals surface area contributed by atoms with Gasteiger partial charge in [0, 0.05) is 77.0 Å². The minimum atomic E-state index is -0.404. The molecule has 1 aliphatic heterocycles. The summed E-state index contributed by atoms with van der Waals surface area (Å²) in [6.45, 7) is 1.24. The summed E-state index contributed by atoms with van der Waals surface area (Å²) in [4.78, 5) is 30.6. The number of thiazole rings is 1. The molecule has 0 spiro atoms. The fraction of sp³-hybridized carbons (Fsp3) is 0.222. The third-order valence-electron chi connectivity index (χ3n) is 10.1. The number of benzene rings is 4. The number of hydrogen-bond donors (Lipinski definition) is 2. The first kappa shape index (κ1) is 45.1. The zero-order valence-corrected chi connectivity index (χ0v) is 37.1. The molecule has 1 aliphatic carbocycles. The molecule has 2 heterocycles. The number of ether oxygens (including phenoxy) is 2. The highest BCUT2D eigenvalue weighted by molar-refractivity contribution is 8.03. The molecule has 322 valence electrons. The highest BCUT2D eigenvalue weighted by Crippen LogP contribution is 2.48. The van der Waals surface area contributed by atoms with Crippen LogP contribution in [-0.2, 0) is 34.8 Å². The van der Waals surface area contributed by atoms with E-state index in [1.807, 2.05) is 60.7 Å². The number of rotatable bonds is 20. The van der Waals surface area contributed by atoms with Crippen molar-refractivity contribution in [1.82, 2.24) is 0 Å². The smallest absolute Gasteiger partial charge is 0.338 e. The lowest BCUT2D eigenvalue weighted by Crippen LogP contribution is -2.35. The number of anilines is 3. The zero-order chi connectivity index (χ0) is 43.3. The van der Waals surface area contributed by atoms with Crippen LogP contribution in [0.1, 0.15) is 51.4 Å². The van der Waals surface area contributed by atoms with Gasteiger partial charge in [0.15, 0.2) is 6.54 Å². The van der Waals surface area contributed by atoms with E-state index in [0.29, 0.717) is 48.6 Å². The molecule has 0 saturated carbocycles. The van der Waals surface area contributed by atoms with Crippen LogP contribution >= 0.6 is 47.2 Å². The predicted octanol–water partition coefficient (Wildman–Crippen LogP) is 11.0. The molecule has 0 fully saturated rings. The number of allylic oxidation sites excluding steroid dienone is 5. The first-order valence-corrected chi connectivity index (χ1v) is 23.0. The van der Waals surface area contributed by atoms with Gasteiger partial charge in [0.25, 0.3) is 5.01 Å². The van der Waals surface area contributed by atoms with Gasteiger partial charge < -0.3 is 19.3 Å². The molecule has 62 heavy (non-hydrogen) atoms. The molecule has 5 aromatic rings. The lowest BCUT2D eigenvalue weighted by Gasteiger charge is -2.28. The predicted molar refractivity (Wildman–Crippen MR) is 245 cm³/mol. The molecule has 0 atom stereocenters. The van der Waals surface area contributed by atoms with Crippen LogP contribution in [0.4, 0.5) is 17.1 Å². The van der Waals surface area contributed by atoms with E-state index in [-0.39, 0.29) is 0 Å². The Morgan fingerprint density at radius 2 is 1.44 bits per heavy atom. The van der Waals surface area contributed by atoms with E-state index in [0.717, 1.165) is 96.0 Å². The van der Waals surface area contributed by atoms with Crippen LogP contribution in [0.2, 0.25) is 0 Å². The molecule has 0 unspecified atom stereocenters. The zero-order valence-electron chi connectivity index (χ0n) is 33.8. The summed E-state index contributed by atoms with van der Waals surface area (Å²) in [5.41, 5.74) is 8.17. The van der Waals surface area contributed by atoms with Crippen molar-refractivity contribution >= 4 is 92.5 Å². The second-order valence-corrected chi connectivity index (χ2v) is 17.4. The number of para-hydroxylation sites is 2. The normalized spacial score (nSPS) is 15.1. The standard InChI is InChI=1S/C45H43N3O10S4/c1-53-44(49)33-17-21-39-37(29-33)46(25-9-27-59-57-55-51)41(61-39)23-19-31-15-16-32(43(31)48(35-11-5-3-6-12-35)36-13-7-4-8-14-36)20-24-42-47(26-10-28-60-58-56-52)38-30-34(45(50)54-2)18-22-40(38)62-42/h3-8,11-14,17-24,29-30H,9-10,15-16,25-28H2,1-2H3,(H-,51,52)/p+1. The minimum absolute atomic E-state index is 0.404. The van der Waals surface area contributed by atoms with Gasteiger partial charge in [-0.2, -0.15) is 4.57 Å². The Morgan fingerprint density at radius 1 is 0.790 bits per heavy atom. The van der Waals surface area contributed by atoms with Gasteiger partial charge in [-0.1, -0.05) is 75.6 Å². The molecule has 0 bridgehead atoms. The Kier molecular flexibility index (Phi) is 16.3. The molecule has 17 heteroatoms. The summed E-state index contributed by atoms with van der Waals surface area (Å²) < 4.78 is 22.5. The van der Waals surface area contributed by atoms with Crippen LogP contribution in [0.25, 0.3) is 16.3 Å². The SMILES string of the molecule is COC(=O)c1ccc2c(c1)N(CCCSOOO)C(=CC=C1CCC(C=Cc3sc4ccc(C(=O)OC)cc4[n+]3CCCSOOO)=C1N(c1ccccc1)c1ccccc1)S2. The summed E-state index contributed by atoms with van der Waals surface area (Å²) in [6, 6.07) is 31.9. The van der Waals surface area contributed by atoms with Crippen molar-refractivity contribution in [2.45, 2.75) is 37.1 Å². The highest BCUT2D eigenvalue weighted by atomic mass is 32.2. The summed E-state index contributed by atoms with van der Waals surface area (Å²) in [5.74, 6) is 0.315. The molecule has 0 radical (unpaired) electrons. The van der Waals surface area contributed by atoms with Crippen molar-refractivity contribution in [2.24, 2.45) is 0 Å². The Morgan fingerprint density at radius 3 is 2.10 bits per heavy atom. The molecule has 13 nitrogen and oxygen atoms in total. The number of esters is 2. The molecule has 4 aromatic carbocycles. The largest absolute Gasteiger partial charge is 0.465 e. The summed E-state index contributed by atoms with van der Waals surface area (Å²) in [7, 11) is 2.75. The topological polar surface area (TPSA) is 140 Å². The van der Waals surface area contributed by atoms with Gasteiger partial charge in [0.05, 0.1) is 41.8 Å². The number of aryl methyl sites for hydroxylation is 1. The Bertz CT molecular complexity index is 2440. The first-order valence-electron chi connectivity index (χ1n) is 19.6. The monoisotopic (exact) mass is 914 g/mol. The Balaban J connectivity index is 1.32. The molecule has 2 aliphatic rings. The van der Waals surface area contributed by atoms with Crippen molar-refractivity contribution in [1.29, 1.82) is 0 Å². The molecular formula is C45H44N3O10S4+. The van der Waals surface area contributed by atoms with Crippen molar-refractivity contribution < 1.29 is 52.9 Å². The van der Waals surface area contributed by atoms with Crippen molar-refractivity contribution in [3.8, 4) is 0 Å². The third-order valence-corrected chi connectivity index (χ3v) is 13.5. The number of aromatic nitrogens is 1. The molecule has 2 N–H and O–H groups in total. The average molecular weight is 915 g/mol. The molecule has 7 rings (SSSR count). The van der Waals surface area contributed by atoms with Crippen LogP contribution in [0.3, 0.4) is 0 Å². The average Bonchev–Trinajstić information content (AvgIpc) is 3.99. The molecule has 1 aromatic heterocycles. The summed E-state index contributed by atoms with van der Waals surface area (Å²) in [6.07, 6.45) is 11.7. The number of fused-ring (bicyclic) bond motifs is 2. The van der Waals surface area contributed by atoms with Gasteiger partial charge in [-0.05, 0) is 97.2 Å². The van der Waals surface area contributed by atoms with Crippen LogP contribution in [0.5, 0.6) is 0 Å². The third kappa shape index (κ3) is 10.8. The van der Waals surface area contributed by atoms with Crippen LogP contribution in [0, 0.1) is 0 Å². The fourth-order valence-corrected chi connectivity index (χ4v) is 10.2. The summed E-state index contributed by atoms with van der Waals surface area (Å²) in [5, 5.41) is 26.8. The summed E-state index contributed by atoms with van der Waals surface area (Å²) >= 11 is 5.30. The van der Waals surface area contributed by atoms with E-state index >= 15 is 0 Å². The van der Waals surface area contributed by atoms with E-state index in [1.165, 1.54) is 14.2 Å². The highest BCUT2D eigenvalue weighted by Gasteiger charge is 2.29. The maximum atomic E-state index is 12.6. The van der Waals surface area contributed by atoms with E-state index in [9.17, 15) is 9.59 Å². The van der Waals surface area contributed by atoms with E-state index in [4.69, 9.17) is 20.0 Å². The number of nitrogens with zero attached hydrogens (tertiary/aromatic N) is 3. The van der Waals surface area contributed by atoms with E-state index < -0.39 is 11.9 Å². The number of carbonyl (C=O) groups excluding carboxylic acids is 2. The van der Waals surface area contributed by atoms with Crippen LogP contribution < -0.4 is 14.4 Å². The van der Waals surface area contributed by atoms with Crippen molar-refractivity contribution in [2.75, 3.05) is 42.1 Å². The maximum Gasteiger partial charge on any atom is 0.338 e. The quantitative estimate of drug-likeness (QED) is 0.0191. The number of thioether (sulfide) groups is 1. The number of carbonyl (C=O) groups is 2. The fourth-order valence-electron chi connectivity index (χ4n) is 7.30. The van der Waals surface area contributed by atoms with E-state index in [2.05, 4.69) is 81.7 Å². The number of hydrogen-bond acceptors (Lipinski definition) is 16. The van der Waals surface area contributed by atoms with Gasteiger partial charge in [-0.25, -0.2) is 20.1 Å². The van der Waals surface area contributed by atoms with Gasteiger partial charge >= 0.3 is 11.9 Å². The minimum Gasteiger partial charge on any atom is -0.465 e. The van der Waals surface area contributed by atoms with Gasteiger partial charge in [0.1, 0.15) is 4.70 Å². The van der Waals surface area contributed by atoms with Gasteiger partial charge in [-0.15, -0.1) is 8.67 Å². The Labute approximate surface area is 376 Å². The number of methoxy groups -OCH3 is 2. The lowest BCUT2D eigenvalue weighted by molar-refractivity contribution is -0.668. The van der Waals surface area contributed by atoms with Gasteiger partial charge in [0.2, 0.25) is 5.52 Å². The first-order chi connectivity index (χ1) is 30.4. The van der Waals surface area contributed by atoms with Crippen LogP contribution in [-0.4, -0.2) is 54.7 Å². The van der Waals surface area contributed by atoms with Crippen molar-refractivity contribution in [3.05, 3.63) is 153 Å². The molecule has 0 amide bonds. The maximum absolute atomic E-state index is 12.6. The second-order valence-electron chi connectivity index (χ2n) is 13.7.